The van der Waals surface area contributed by atoms with Crippen LogP contribution in [-0.2, 0) is 14.2 Å². The Kier molecular flexibility index (Phi) is 5.78. The molecule has 1 heterocycles. The molecule has 0 amide bonds. The quantitative estimate of drug-likeness (QED) is 0.587. The van der Waals surface area contributed by atoms with Crippen molar-refractivity contribution in [2.24, 2.45) is 5.92 Å². The Morgan fingerprint density at radius 3 is 2.47 bits per heavy atom. The lowest BCUT2D eigenvalue weighted by molar-refractivity contribution is -0.282. The smallest absolute Gasteiger partial charge is 0.186 e. The molecule has 0 aromatic carbocycles. The van der Waals surface area contributed by atoms with Crippen LogP contribution in [0.25, 0.3) is 0 Å². The van der Waals surface area contributed by atoms with E-state index in [0.717, 1.165) is 0 Å². The van der Waals surface area contributed by atoms with Gasteiger partial charge >= 0.3 is 0 Å². The lowest BCUT2D eigenvalue weighted by Gasteiger charge is -2.40. The van der Waals surface area contributed by atoms with Crippen molar-refractivity contribution >= 4 is 0 Å². The minimum atomic E-state index is -1.05. The van der Waals surface area contributed by atoms with E-state index in [0.29, 0.717) is 0 Å². The van der Waals surface area contributed by atoms with E-state index in [1.807, 2.05) is 0 Å². The molecule has 1 aliphatic rings. The highest BCUT2D eigenvalue weighted by Crippen LogP contribution is 2.26. The molecule has 0 bridgehead atoms. The van der Waals surface area contributed by atoms with Crippen molar-refractivity contribution in [1.82, 2.24) is 0 Å². The van der Waals surface area contributed by atoms with E-state index < -0.39 is 24.6 Å². The summed E-state index contributed by atoms with van der Waals surface area (Å²) in [6.07, 6.45) is -3.71. The van der Waals surface area contributed by atoms with Crippen molar-refractivity contribution in [1.29, 1.82) is 0 Å². The highest BCUT2D eigenvalue weighted by atomic mass is 16.7. The van der Waals surface area contributed by atoms with Crippen molar-refractivity contribution < 1.29 is 29.5 Å². The highest BCUT2D eigenvalue weighted by molar-refractivity contribution is 4.86. The van der Waals surface area contributed by atoms with Crippen molar-refractivity contribution in [3.05, 3.63) is 0 Å². The van der Waals surface area contributed by atoms with Gasteiger partial charge in [-0.25, -0.2) is 0 Å². The van der Waals surface area contributed by atoms with E-state index in [2.05, 4.69) is 0 Å². The normalized spacial score (nSPS) is 40.2. The number of aliphatic hydroxyl groups excluding tert-OH is 3. The zero-order valence-electron chi connectivity index (χ0n) is 10.4. The summed E-state index contributed by atoms with van der Waals surface area (Å²) < 4.78 is 15.7. The molecule has 1 fully saturated rings. The van der Waals surface area contributed by atoms with Gasteiger partial charge in [0.15, 0.2) is 6.29 Å². The standard InChI is InChI=1S/C11H22O6/c1-6(12)4-16-5-8-7(2)9(13)10(14)11(15-3)17-8/h6-14H,4-5H2,1-3H3. The van der Waals surface area contributed by atoms with E-state index >= 15 is 0 Å². The van der Waals surface area contributed by atoms with Crippen molar-refractivity contribution in [2.45, 2.75) is 44.6 Å². The molecule has 3 N–H and O–H groups in total. The molecule has 6 nitrogen and oxygen atoms in total. The number of ether oxygens (including phenoxy) is 3. The van der Waals surface area contributed by atoms with Crippen molar-refractivity contribution in [3.8, 4) is 0 Å². The van der Waals surface area contributed by atoms with Crippen LogP contribution in [0.5, 0.6) is 0 Å². The first kappa shape index (κ1) is 14.8. The van der Waals surface area contributed by atoms with Gasteiger partial charge in [-0.15, -0.1) is 0 Å². The fraction of sp³-hybridized carbons (Fsp3) is 1.00. The third-order valence-electron chi connectivity index (χ3n) is 2.94. The number of rotatable bonds is 5. The van der Waals surface area contributed by atoms with Gasteiger partial charge in [0.1, 0.15) is 6.10 Å². The Morgan fingerprint density at radius 2 is 1.94 bits per heavy atom. The second-order valence-electron chi connectivity index (χ2n) is 4.51. The molecule has 0 spiro atoms. The number of hydrogen-bond acceptors (Lipinski definition) is 6. The van der Waals surface area contributed by atoms with Crippen LogP contribution in [0.1, 0.15) is 13.8 Å². The molecule has 17 heavy (non-hydrogen) atoms. The van der Waals surface area contributed by atoms with Crippen LogP contribution in [0.15, 0.2) is 0 Å². The summed E-state index contributed by atoms with van der Waals surface area (Å²) in [5, 5.41) is 28.5. The van der Waals surface area contributed by atoms with Gasteiger partial charge in [-0.1, -0.05) is 6.92 Å². The van der Waals surface area contributed by atoms with Gasteiger partial charge in [0.25, 0.3) is 0 Å². The Balaban J connectivity index is 2.47. The number of aliphatic hydroxyl groups is 3. The molecule has 0 aromatic rings. The summed E-state index contributed by atoms with van der Waals surface area (Å²) in [5.74, 6) is -0.259. The summed E-state index contributed by atoms with van der Waals surface area (Å²) in [4.78, 5) is 0. The van der Waals surface area contributed by atoms with E-state index in [1.165, 1.54) is 7.11 Å². The fourth-order valence-electron chi connectivity index (χ4n) is 1.81. The largest absolute Gasteiger partial charge is 0.391 e. The third-order valence-corrected chi connectivity index (χ3v) is 2.94. The fourth-order valence-corrected chi connectivity index (χ4v) is 1.81. The summed E-state index contributed by atoms with van der Waals surface area (Å²) >= 11 is 0. The summed E-state index contributed by atoms with van der Waals surface area (Å²) in [7, 11) is 1.41. The molecule has 0 saturated carbocycles. The summed E-state index contributed by atoms with van der Waals surface area (Å²) in [5.41, 5.74) is 0. The van der Waals surface area contributed by atoms with Crippen LogP contribution in [0.2, 0.25) is 0 Å². The number of methoxy groups -OCH3 is 1. The van der Waals surface area contributed by atoms with Crippen LogP contribution in [0.4, 0.5) is 0 Å². The van der Waals surface area contributed by atoms with Gasteiger partial charge in [0, 0.05) is 13.0 Å². The van der Waals surface area contributed by atoms with Crippen LogP contribution in [0, 0.1) is 5.92 Å². The first-order valence-corrected chi connectivity index (χ1v) is 5.77. The van der Waals surface area contributed by atoms with Gasteiger partial charge in [-0.3, -0.25) is 0 Å². The maximum absolute atomic E-state index is 9.81. The molecular formula is C11H22O6. The first-order valence-electron chi connectivity index (χ1n) is 5.77. The molecule has 0 aromatic heterocycles. The van der Waals surface area contributed by atoms with Crippen LogP contribution in [-0.4, -0.2) is 66.3 Å². The molecule has 1 saturated heterocycles. The lowest BCUT2D eigenvalue weighted by Crippen LogP contribution is -2.55. The molecule has 6 heteroatoms. The second-order valence-corrected chi connectivity index (χ2v) is 4.51. The lowest BCUT2D eigenvalue weighted by atomic mass is 9.91. The molecule has 6 atom stereocenters. The molecule has 6 unspecified atom stereocenters. The maximum atomic E-state index is 9.81. The third kappa shape index (κ3) is 3.87. The van der Waals surface area contributed by atoms with Crippen LogP contribution >= 0.6 is 0 Å². The van der Waals surface area contributed by atoms with Gasteiger partial charge in [0.05, 0.1) is 31.5 Å². The second kappa shape index (κ2) is 6.63. The minimum absolute atomic E-state index is 0.211. The number of hydrogen-bond donors (Lipinski definition) is 3. The monoisotopic (exact) mass is 250 g/mol. The zero-order valence-corrected chi connectivity index (χ0v) is 10.4. The maximum Gasteiger partial charge on any atom is 0.186 e. The van der Waals surface area contributed by atoms with E-state index in [9.17, 15) is 10.2 Å². The molecular weight excluding hydrogens is 228 g/mol. The van der Waals surface area contributed by atoms with Gasteiger partial charge in [-0.2, -0.15) is 0 Å². The topological polar surface area (TPSA) is 88.4 Å². The van der Waals surface area contributed by atoms with Crippen molar-refractivity contribution in [2.75, 3.05) is 20.3 Å². The SMILES string of the molecule is COC1OC(COCC(C)O)C(C)C(O)C1O. The van der Waals surface area contributed by atoms with Gasteiger partial charge < -0.3 is 29.5 Å². The van der Waals surface area contributed by atoms with E-state index in [1.54, 1.807) is 13.8 Å². The van der Waals surface area contributed by atoms with Gasteiger partial charge in [0.2, 0.25) is 0 Å². The Bertz CT molecular complexity index is 220. The zero-order chi connectivity index (χ0) is 13.0. The predicted molar refractivity (Wildman–Crippen MR) is 59.3 cm³/mol. The molecule has 0 radical (unpaired) electrons. The van der Waals surface area contributed by atoms with E-state index in [-0.39, 0.29) is 25.2 Å². The summed E-state index contributed by atoms with van der Waals surface area (Å²) in [6.45, 7) is 3.86. The molecule has 0 aliphatic carbocycles. The molecule has 1 aliphatic heterocycles. The van der Waals surface area contributed by atoms with Gasteiger partial charge in [-0.05, 0) is 6.92 Å². The minimum Gasteiger partial charge on any atom is -0.391 e. The molecule has 102 valence electrons. The van der Waals surface area contributed by atoms with Crippen molar-refractivity contribution in [3.63, 3.8) is 0 Å². The Hall–Kier alpha value is -0.240. The highest BCUT2D eigenvalue weighted by Gasteiger charge is 2.42. The van der Waals surface area contributed by atoms with Crippen LogP contribution < -0.4 is 0 Å². The average Bonchev–Trinajstić information content (AvgIpc) is 2.29. The summed E-state index contributed by atoms with van der Waals surface area (Å²) in [6, 6.07) is 0. The Labute approximate surface area is 101 Å². The molecule has 1 rings (SSSR count). The van der Waals surface area contributed by atoms with E-state index in [4.69, 9.17) is 19.3 Å². The van der Waals surface area contributed by atoms with Crippen LogP contribution in [0.3, 0.4) is 0 Å². The first-order chi connectivity index (χ1) is 7.97. The Morgan fingerprint density at radius 1 is 1.29 bits per heavy atom. The predicted octanol–water partition coefficient (Wildman–Crippen LogP) is -0.887. The average molecular weight is 250 g/mol.